The van der Waals surface area contributed by atoms with Crippen LogP contribution in [0.3, 0.4) is 0 Å². The van der Waals surface area contributed by atoms with Crippen molar-refractivity contribution in [3.8, 4) is 0 Å². The van der Waals surface area contributed by atoms with Crippen LogP contribution in [0.15, 0.2) is 52.8 Å². The predicted molar refractivity (Wildman–Crippen MR) is 125 cm³/mol. The summed E-state index contributed by atoms with van der Waals surface area (Å²) in [5.74, 6) is -0.348. The lowest BCUT2D eigenvalue weighted by atomic mass is 9.98. The van der Waals surface area contributed by atoms with E-state index in [1.807, 2.05) is 31.2 Å². The minimum Gasteiger partial charge on any atom is -0.398 e. The molecule has 0 fully saturated rings. The van der Waals surface area contributed by atoms with Crippen LogP contribution in [0.2, 0.25) is 5.02 Å². The summed E-state index contributed by atoms with van der Waals surface area (Å²) in [7, 11) is 8.30. The largest absolute Gasteiger partial charge is 0.398 e. The van der Waals surface area contributed by atoms with Gasteiger partial charge in [0, 0.05) is 34.2 Å². The lowest BCUT2D eigenvalue weighted by molar-refractivity contribution is -0.114. The van der Waals surface area contributed by atoms with Gasteiger partial charge in [-0.05, 0) is 24.6 Å². The molecule has 0 saturated carbocycles. The highest BCUT2D eigenvalue weighted by Gasteiger charge is 2.19. The van der Waals surface area contributed by atoms with Gasteiger partial charge < -0.3 is 15.0 Å². The minimum absolute atomic E-state index is 0.0102. The second-order valence-electron chi connectivity index (χ2n) is 6.09. The second-order valence-corrected chi connectivity index (χ2v) is 8.73. The number of nitrogens with zero attached hydrogens (tertiary/aromatic N) is 2. The molecule has 0 bridgehead atoms. The molecule has 2 rings (SSSR count). The molecule has 0 aliphatic rings. The molecule has 6 nitrogen and oxygen atoms in total. The third-order valence-electron chi connectivity index (χ3n) is 4.12. The van der Waals surface area contributed by atoms with Crippen LogP contribution in [0.25, 0.3) is 0 Å². The summed E-state index contributed by atoms with van der Waals surface area (Å²) < 4.78 is 0. The van der Waals surface area contributed by atoms with Gasteiger partial charge in [-0.3, -0.25) is 4.79 Å². The molecule has 2 unspecified atom stereocenters. The predicted octanol–water partition coefficient (Wildman–Crippen LogP) is 3.74. The number of halogens is 1. The molecule has 2 aromatic carbocycles. The van der Waals surface area contributed by atoms with Gasteiger partial charge in [0.1, 0.15) is 13.7 Å². The van der Waals surface area contributed by atoms with Gasteiger partial charge in [0.25, 0.3) is 5.91 Å². The Kier molecular flexibility index (Phi) is 9.03. The lowest BCUT2D eigenvalue weighted by Gasteiger charge is -2.14. The lowest BCUT2D eigenvalue weighted by Crippen LogP contribution is -2.29. The fraction of sp³-hybridized carbons (Fsp3) is 0.250. The second kappa shape index (κ2) is 11.3. The van der Waals surface area contributed by atoms with Crippen LogP contribution in [-0.4, -0.2) is 36.9 Å². The number of aryl methyl sites for hydroxylation is 1. The van der Waals surface area contributed by atoms with E-state index in [1.165, 1.54) is 7.11 Å². The van der Waals surface area contributed by atoms with Gasteiger partial charge in [-0.1, -0.05) is 52.2 Å². The Morgan fingerprint density at radius 3 is 2.45 bits per heavy atom. The monoisotopic (exact) mass is 451 g/mol. The first kappa shape index (κ1) is 23.3. The molecule has 154 valence electrons. The van der Waals surface area contributed by atoms with Gasteiger partial charge in [-0.25, -0.2) is 0 Å². The maximum Gasteiger partial charge on any atom is 0.273 e. The SMILES string of the molecule is CNC(=O)/C(=N/OC)c1cccc(C)c1CO/N=C(/c1ccc(Cl)cc1)C(P)P. The van der Waals surface area contributed by atoms with Crippen molar-refractivity contribution in [3.63, 3.8) is 0 Å². The molecule has 29 heavy (non-hydrogen) atoms. The number of carbonyl (C=O) groups is 1. The fourth-order valence-corrected chi connectivity index (χ4v) is 3.26. The number of hydrogen-bond acceptors (Lipinski definition) is 5. The summed E-state index contributed by atoms with van der Waals surface area (Å²) in [6.45, 7) is 2.11. The van der Waals surface area contributed by atoms with Crippen molar-refractivity contribution in [2.45, 2.75) is 18.9 Å². The Labute approximate surface area is 180 Å². The van der Waals surface area contributed by atoms with E-state index in [4.69, 9.17) is 21.3 Å². The van der Waals surface area contributed by atoms with Crippen LogP contribution in [0, 0.1) is 6.92 Å². The summed E-state index contributed by atoms with van der Waals surface area (Å²) in [6, 6.07) is 13.0. The van der Waals surface area contributed by atoms with Gasteiger partial charge in [0.05, 0.1) is 5.71 Å². The molecule has 1 amide bonds. The van der Waals surface area contributed by atoms with Gasteiger partial charge in [-0.15, -0.1) is 18.5 Å². The quantitative estimate of drug-likeness (QED) is 0.377. The Bertz CT molecular complexity index is 916. The van der Waals surface area contributed by atoms with E-state index >= 15 is 0 Å². The Hall–Kier alpha value is -2.00. The maximum absolute atomic E-state index is 12.2. The average Bonchev–Trinajstić information content (AvgIpc) is 2.70. The molecular formula is C20H24ClN3O3P2. The van der Waals surface area contributed by atoms with Crippen molar-refractivity contribution in [1.29, 1.82) is 0 Å². The van der Waals surface area contributed by atoms with Crippen molar-refractivity contribution in [1.82, 2.24) is 5.32 Å². The highest BCUT2D eigenvalue weighted by atomic mass is 35.5. The van der Waals surface area contributed by atoms with E-state index in [0.717, 1.165) is 22.4 Å². The smallest absolute Gasteiger partial charge is 0.273 e. The van der Waals surface area contributed by atoms with Gasteiger partial charge in [0.2, 0.25) is 0 Å². The number of hydrogen-bond donors (Lipinski definition) is 1. The number of rotatable bonds is 8. The van der Waals surface area contributed by atoms with Crippen molar-refractivity contribution in [3.05, 3.63) is 69.7 Å². The van der Waals surface area contributed by atoms with E-state index in [2.05, 4.69) is 34.1 Å². The molecule has 2 atom stereocenters. The molecule has 0 saturated heterocycles. The summed E-state index contributed by atoms with van der Waals surface area (Å²) in [4.78, 5) is 22.8. The zero-order valence-corrected chi connectivity index (χ0v) is 19.5. The number of amides is 1. The molecule has 0 heterocycles. The summed E-state index contributed by atoms with van der Waals surface area (Å²) in [6.07, 6.45) is 0. The fourth-order valence-electron chi connectivity index (χ4n) is 2.63. The van der Waals surface area contributed by atoms with Crippen molar-refractivity contribution in [2.75, 3.05) is 14.2 Å². The third kappa shape index (κ3) is 6.24. The summed E-state index contributed by atoms with van der Waals surface area (Å²) >= 11 is 5.97. The Balaban J connectivity index is 2.34. The van der Waals surface area contributed by atoms with E-state index in [0.29, 0.717) is 10.6 Å². The number of nitrogens with one attached hydrogen (secondary N) is 1. The standard InChI is InChI=1S/C20H24ClN3O3P2/c1-12-5-4-6-15(18(23-26-3)19(25)22-2)16(12)11-27-24-17(20(28)29)13-7-9-14(21)10-8-13/h4-10,20H,11,28-29H2,1-3H3,(H,22,25)/b23-18+,24-17-. The van der Waals surface area contributed by atoms with Crippen LogP contribution in [0.1, 0.15) is 22.3 Å². The highest BCUT2D eigenvalue weighted by molar-refractivity contribution is 7.40. The minimum atomic E-state index is -0.348. The van der Waals surface area contributed by atoms with Gasteiger partial charge in [0.15, 0.2) is 5.71 Å². The molecule has 2 aromatic rings. The van der Waals surface area contributed by atoms with Gasteiger partial charge in [-0.2, -0.15) is 0 Å². The molecule has 0 radical (unpaired) electrons. The van der Waals surface area contributed by atoms with Gasteiger partial charge >= 0.3 is 0 Å². The van der Waals surface area contributed by atoms with E-state index in [9.17, 15) is 4.79 Å². The zero-order chi connectivity index (χ0) is 21.4. The first-order valence-electron chi connectivity index (χ1n) is 8.78. The molecule has 0 aliphatic heterocycles. The van der Waals surface area contributed by atoms with Crippen molar-refractivity contribution >= 4 is 47.4 Å². The number of oxime groups is 2. The third-order valence-corrected chi connectivity index (χ3v) is 5.00. The van der Waals surface area contributed by atoms with Crippen LogP contribution in [0.4, 0.5) is 0 Å². The van der Waals surface area contributed by atoms with E-state index in [-0.39, 0.29) is 23.6 Å². The normalized spacial score (nSPS) is 12.1. The first-order valence-corrected chi connectivity index (χ1v) is 10.5. The molecule has 0 spiro atoms. The summed E-state index contributed by atoms with van der Waals surface area (Å²) in [5, 5.41) is 11.4. The number of likely N-dealkylation sites (N-methyl/N-ethyl adjacent to an activating group) is 1. The molecule has 0 aromatic heterocycles. The van der Waals surface area contributed by atoms with Crippen LogP contribution < -0.4 is 5.32 Å². The Morgan fingerprint density at radius 2 is 1.86 bits per heavy atom. The topological polar surface area (TPSA) is 72.3 Å². The zero-order valence-electron chi connectivity index (χ0n) is 16.5. The average molecular weight is 452 g/mol. The van der Waals surface area contributed by atoms with Crippen LogP contribution in [-0.2, 0) is 21.1 Å². The van der Waals surface area contributed by atoms with E-state index < -0.39 is 0 Å². The van der Waals surface area contributed by atoms with Crippen molar-refractivity contribution < 1.29 is 14.5 Å². The van der Waals surface area contributed by atoms with Crippen LogP contribution >= 0.6 is 30.1 Å². The first-order chi connectivity index (χ1) is 13.9. The van der Waals surface area contributed by atoms with E-state index in [1.54, 1.807) is 25.2 Å². The Morgan fingerprint density at radius 1 is 1.17 bits per heavy atom. The van der Waals surface area contributed by atoms with Crippen LogP contribution in [0.5, 0.6) is 0 Å². The number of carbonyl (C=O) groups excluding carboxylic acids is 1. The molecular weight excluding hydrogens is 428 g/mol. The number of benzene rings is 2. The van der Waals surface area contributed by atoms with Crippen molar-refractivity contribution in [2.24, 2.45) is 10.3 Å². The molecule has 0 aliphatic carbocycles. The summed E-state index contributed by atoms with van der Waals surface area (Å²) in [5.41, 5.74) is 4.20. The maximum atomic E-state index is 12.2. The molecule has 9 heteroatoms. The highest BCUT2D eigenvalue weighted by Crippen LogP contribution is 2.21. The molecule has 1 N–H and O–H groups in total.